The number of fused-ring (bicyclic) bond motifs is 1. The first-order valence-electron chi connectivity index (χ1n) is 13.4. The van der Waals surface area contributed by atoms with Crippen LogP contribution in [0, 0.1) is 6.92 Å². The summed E-state index contributed by atoms with van der Waals surface area (Å²) < 4.78 is 13.6. The zero-order valence-electron chi connectivity index (χ0n) is 23.0. The zero-order valence-corrected chi connectivity index (χ0v) is 23.0. The van der Waals surface area contributed by atoms with Gasteiger partial charge in [0, 0.05) is 47.5 Å². The first kappa shape index (κ1) is 26.6. The molecule has 5 rings (SSSR count). The standard InChI is InChI=1S/C30H36N6O3/c1-20-9-10-21(18-32-20)36-28(17-27(35-36)30(2,3)4)34-29(37)33-25-11-12-26(24-8-6-5-7-23(24)25)39-15-13-22-19-31-14-16-38-22/h5-12,17-18,22,31H,13-16,19H2,1-4H3,(H2,33,34,37). The summed E-state index contributed by atoms with van der Waals surface area (Å²) in [6.07, 6.45) is 2.73. The number of hydrogen-bond acceptors (Lipinski definition) is 6. The van der Waals surface area contributed by atoms with Crippen molar-refractivity contribution in [2.45, 2.75) is 45.6 Å². The third kappa shape index (κ3) is 6.38. The lowest BCUT2D eigenvalue weighted by Crippen LogP contribution is -2.39. The number of pyridine rings is 1. The van der Waals surface area contributed by atoms with Crippen molar-refractivity contribution < 1.29 is 14.3 Å². The van der Waals surface area contributed by atoms with E-state index in [1.165, 1.54) is 0 Å². The van der Waals surface area contributed by atoms with E-state index < -0.39 is 0 Å². The van der Waals surface area contributed by atoms with Crippen LogP contribution in [0.2, 0.25) is 0 Å². The number of morpholine rings is 1. The van der Waals surface area contributed by atoms with Crippen molar-refractivity contribution in [3.63, 3.8) is 0 Å². The first-order valence-corrected chi connectivity index (χ1v) is 13.4. The van der Waals surface area contributed by atoms with Gasteiger partial charge in [0.05, 0.1) is 42.6 Å². The third-order valence-electron chi connectivity index (χ3n) is 6.69. The SMILES string of the molecule is Cc1ccc(-n2nc(C(C)(C)C)cc2NC(=O)Nc2ccc(OCCC3CNCCO3)c3ccccc23)cn1. The first-order chi connectivity index (χ1) is 18.8. The predicted octanol–water partition coefficient (Wildman–Crippen LogP) is 5.43. The number of nitrogens with zero attached hydrogens (tertiary/aromatic N) is 3. The van der Waals surface area contributed by atoms with Gasteiger partial charge in [0.15, 0.2) is 0 Å². The Morgan fingerprint density at radius 1 is 1.13 bits per heavy atom. The lowest BCUT2D eigenvalue weighted by molar-refractivity contribution is 0.0160. The summed E-state index contributed by atoms with van der Waals surface area (Å²) >= 11 is 0. The Morgan fingerprint density at radius 3 is 2.67 bits per heavy atom. The normalized spacial score (nSPS) is 15.7. The molecule has 9 heteroatoms. The minimum Gasteiger partial charge on any atom is -0.493 e. The predicted molar refractivity (Wildman–Crippen MR) is 154 cm³/mol. The summed E-state index contributed by atoms with van der Waals surface area (Å²) in [5.74, 6) is 1.34. The van der Waals surface area contributed by atoms with Gasteiger partial charge in [-0.05, 0) is 31.2 Å². The van der Waals surface area contributed by atoms with Crippen molar-refractivity contribution in [3.8, 4) is 11.4 Å². The van der Waals surface area contributed by atoms with Gasteiger partial charge < -0.3 is 20.1 Å². The summed E-state index contributed by atoms with van der Waals surface area (Å²) in [6.45, 7) is 11.2. The Labute approximate surface area is 228 Å². The maximum Gasteiger partial charge on any atom is 0.324 e. The van der Waals surface area contributed by atoms with Crippen molar-refractivity contribution in [2.24, 2.45) is 0 Å². The van der Waals surface area contributed by atoms with E-state index >= 15 is 0 Å². The maximum atomic E-state index is 13.2. The molecule has 1 atom stereocenters. The molecule has 1 fully saturated rings. The number of benzene rings is 2. The molecule has 0 saturated carbocycles. The molecular weight excluding hydrogens is 492 g/mol. The second-order valence-corrected chi connectivity index (χ2v) is 10.8. The van der Waals surface area contributed by atoms with Gasteiger partial charge >= 0.3 is 6.03 Å². The molecule has 1 unspecified atom stereocenters. The molecule has 39 heavy (non-hydrogen) atoms. The van der Waals surface area contributed by atoms with Crippen molar-refractivity contribution in [2.75, 3.05) is 36.9 Å². The van der Waals surface area contributed by atoms with E-state index in [1.54, 1.807) is 10.9 Å². The zero-order chi connectivity index (χ0) is 27.4. The molecule has 0 radical (unpaired) electrons. The van der Waals surface area contributed by atoms with E-state index in [4.69, 9.17) is 14.6 Å². The number of ether oxygens (including phenoxy) is 2. The fourth-order valence-corrected chi connectivity index (χ4v) is 4.50. The summed E-state index contributed by atoms with van der Waals surface area (Å²) in [5.41, 5.74) is 3.04. The number of amides is 2. The van der Waals surface area contributed by atoms with Crippen LogP contribution in [0.3, 0.4) is 0 Å². The minimum atomic E-state index is -0.363. The van der Waals surface area contributed by atoms with Crippen LogP contribution in [0.25, 0.3) is 16.5 Å². The third-order valence-corrected chi connectivity index (χ3v) is 6.69. The van der Waals surface area contributed by atoms with Gasteiger partial charge in [-0.2, -0.15) is 5.10 Å². The second kappa shape index (κ2) is 11.4. The quantitative estimate of drug-likeness (QED) is 0.296. The molecule has 1 saturated heterocycles. The molecule has 2 aromatic heterocycles. The van der Waals surface area contributed by atoms with Crippen LogP contribution < -0.4 is 20.7 Å². The van der Waals surface area contributed by atoms with Crippen LogP contribution in [0.4, 0.5) is 16.3 Å². The number of urea groups is 1. The number of aromatic nitrogens is 3. The number of carbonyl (C=O) groups is 1. The van der Waals surface area contributed by atoms with E-state index in [9.17, 15) is 4.79 Å². The highest BCUT2D eigenvalue weighted by Gasteiger charge is 2.22. The van der Waals surface area contributed by atoms with Crippen molar-refractivity contribution in [1.29, 1.82) is 0 Å². The Balaban J connectivity index is 1.33. The lowest BCUT2D eigenvalue weighted by atomic mass is 9.92. The number of anilines is 2. The Morgan fingerprint density at radius 2 is 1.95 bits per heavy atom. The number of aryl methyl sites for hydroxylation is 1. The Bertz CT molecular complexity index is 1440. The van der Waals surface area contributed by atoms with Gasteiger partial charge in [-0.3, -0.25) is 10.3 Å². The Kier molecular flexibility index (Phi) is 7.81. The summed E-state index contributed by atoms with van der Waals surface area (Å²) in [6, 6.07) is 17.1. The number of nitrogens with one attached hydrogen (secondary N) is 3. The fourth-order valence-electron chi connectivity index (χ4n) is 4.50. The van der Waals surface area contributed by atoms with Gasteiger partial charge in [0.2, 0.25) is 0 Å². The number of rotatable bonds is 7. The Hall–Kier alpha value is -3.95. The molecule has 1 aliphatic heterocycles. The van der Waals surface area contributed by atoms with Gasteiger partial charge in [0.25, 0.3) is 0 Å². The molecule has 0 spiro atoms. The molecule has 0 aliphatic carbocycles. The van der Waals surface area contributed by atoms with E-state index in [-0.39, 0.29) is 17.6 Å². The summed E-state index contributed by atoms with van der Waals surface area (Å²) in [4.78, 5) is 17.6. The van der Waals surface area contributed by atoms with Crippen molar-refractivity contribution >= 4 is 28.3 Å². The lowest BCUT2D eigenvalue weighted by Gasteiger charge is -2.23. The highest BCUT2D eigenvalue weighted by Crippen LogP contribution is 2.32. The van der Waals surface area contributed by atoms with Crippen LogP contribution in [-0.2, 0) is 10.2 Å². The highest BCUT2D eigenvalue weighted by atomic mass is 16.5. The monoisotopic (exact) mass is 528 g/mol. The number of carbonyl (C=O) groups excluding carboxylic acids is 1. The highest BCUT2D eigenvalue weighted by molar-refractivity contribution is 6.07. The average molecular weight is 529 g/mol. The van der Waals surface area contributed by atoms with E-state index in [2.05, 4.69) is 41.7 Å². The number of hydrogen-bond donors (Lipinski definition) is 3. The van der Waals surface area contributed by atoms with Crippen LogP contribution in [0.5, 0.6) is 5.75 Å². The van der Waals surface area contributed by atoms with Crippen LogP contribution in [0.15, 0.2) is 60.8 Å². The fraction of sp³-hybridized carbons (Fsp3) is 0.367. The van der Waals surface area contributed by atoms with E-state index in [1.807, 2.05) is 61.5 Å². The topological polar surface area (TPSA) is 102 Å². The van der Waals surface area contributed by atoms with Gasteiger partial charge in [-0.15, -0.1) is 0 Å². The van der Waals surface area contributed by atoms with Crippen LogP contribution >= 0.6 is 0 Å². The maximum absolute atomic E-state index is 13.2. The van der Waals surface area contributed by atoms with Gasteiger partial charge in [0.1, 0.15) is 11.6 Å². The summed E-state index contributed by atoms with van der Waals surface area (Å²) in [7, 11) is 0. The molecule has 1 aliphatic rings. The molecule has 4 aromatic rings. The van der Waals surface area contributed by atoms with Gasteiger partial charge in [-0.25, -0.2) is 9.48 Å². The molecule has 204 valence electrons. The van der Waals surface area contributed by atoms with E-state index in [0.717, 1.165) is 59.7 Å². The molecule has 0 bridgehead atoms. The molecule has 9 nitrogen and oxygen atoms in total. The van der Waals surface area contributed by atoms with Crippen LogP contribution in [0.1, 0.15) is 38.6 Å². The molecule has 3 heterocycles. The average Bonchev–Trinajstić information content (AvgIpc) is 3.35. The molecule has 3 N–H and O–H groups in total. The molecule has 2 amide bonds. The van der Waals surface area contributed by atoms with Crippen molar-refractivity contribution in [3.05, 3.63) is 72.2 Å². The smallest absolute Gasteiger partial charge is 0.324 e. The molecular formula is C30H36N6O3. The second-order valence-electron chi connectivity index (χ2n) is 10.8. The van der Waals surface area contributed by atoms with E-state index in [0.29, 0.717) is 18.1 Å². The largest absolute Gasteiger partial charge is 0.493 e. The van der Waals surface area contributed by atoms with Gasteiger partial charge in [-0.1, -0.05) is 45.0 Å². The van der Waals surface area contributed by atoms with Crippen LogP contribution in [-0.4, -0.2) is 53.2 Å². The van der Waals surface area contributed by atoms with Crippen molar-refractivity contribution in [1.82, 2.24) is 20.1 Å². The summed E-state index contributed by atoms with van der Waals surface area (Å²) in [5, 5.41) is 15.9. The minimum absolute atomic E-state index is 0.164. The molecule has 2 aromatic carbocycles.